The van der Waals surface area contributed by atoms with Crippen LogP contribution in [0.2, 0.25) is 0 Å². The van der Waals surface area contributed by atoms with Crippen molar-refractivity contribution in [2.24, 2.45) is 0 Å². The zero-order valence-electron chi connectivity index (χ0n) is 8.72. The van der Waals surface area contributed by atoms with E-state index in [1.165, 1.54) is 4.90 Å². The molecule has 0 N–H and O–H groups in total. The Kier molecular flexibility index (Phi) is 3.83. The molecule has 0 aromatic heterocycles. The molecule has 2 nitrogen and oxygen atoms in total. The molecular formula is C8H17BF3N2-. The Hall–Kier alpha value is -0.225. The second-order valence-corrected chi connectivity index (χ2v) is 3.95. The van der Waals surface area contributed by atoms with E-state index >= 15 is 0 Å². The van der Waals surface area contributed by atoms with Crippen LogP contribution in [0.5, 0.6) is 0 Å². The number of hydrogen-bond acceptors (Lipinski definition) is 2. The smallest absolute Gasteiger partial charge is 0.448 e. The minimum absolute atomic E-state index is 0.242. The molecule has 0 bridgehead atoms. The second-order valence-electron chi connectivity index (χ2n) is 3.95. The Morgan fingerprint density at radius 1 is 1.29 bits per heavy atom. The monoisotopic (exact) mass is 209 g/mol. The highest BCUT2D eigenvalue weighted by Gasteiger charge is 2.30. The fourth-order valence-electron chi connectivity index (χ4n) is 2.00. The molecule has 1 rings (SSSR count). The Morgan fingerprint density at radius 2 is 1.93 bits per heavy atom. The molecule has 0 aromatic carbocycles. The Bertz CT molecular complexity index is 186. The topological polar surface area (TPSA) is 6.48 Å². The van der Waals surface area contributed by atoms with Gasteiger partial charge in [0.15, 0.2) is 0 Å². The molecule has 1 unspecified atom stereocenters. The number of nitrogens with zero attached hydrogens (tertiary/aromatic N) is 2. The van der Waals surface area contributed by atoms with Crippen LogP contribution in [-0.4, -0.2) is 55.4 Å². The largest absolute Gasteiger partial charge is 0.492 e. The minimum atomic E-state index is -4.66. The Labute approximate surface area is 83.1 Å². The molecule has 0 radical (unpaired) electrons. The molecule has 1 saturated heterocycles. The lowest BCUT2D eigenvalue weighted by atomic mass is 9.90. The molecule has 0 amide bonds. The lowest BCUT2D eigenvalue weighted by Gasteiger charge is -2.41. The average molecular weight is 209 g/mol. The van der Waals surface area contributed by atoms with Crippen molar-refractivity contribution in [2.45, 2.75) is 19.9 Å². The summed E-state index contributed by atoms with van der Waals surface area (Å²) in [6.45, 7) is 2.12. The number of likely N-dealkylation sites (N-methyl/N-ethyl adjacent to an activating group) is 1. The zero-order chi connectivity index (χ0) is 10.8. The highest BCUT2D eigenvalue weighted by atomic mass is 19.4. The van der Waals surface area contributed by atoms with E-state index in [0.717, 1.165) is 13.1 Å². The quantitative estimate of drug-likeness (QED) is 0.648. The third-order valence-electron chi connectivity index (χ3n) is 2.72. The predicted molar refractivity (Wildman–Crippen MR) is 52.2 cm³/mol. The summed E-state index contributed by atoms with van der Waals surface area (Å²) < 4.78 is 36.5. The first kappa shape index (κ1) is 11.8. The van der Waals surface area contributed by atoms with Gasteiger partial charge in [0.25, 0.3) is 0 Å². The van der Waals surface area contributed by atoms with E-state index in [2.05, 4.69) is 4.90 Å². The first-order valence-corrected chi connectivity index (χ1v) is 5.09. The molecule has 1 aliphatic rings. The van der Waals surface area contributed by atoms with Crippen LogP contribution >= 0.6 is 0 Å². The number of piperazine rings is 1. The van der Waals surface area contributed by atoms with E-state index < -0.39 is 13.4 Å². The number of hydrogen-bond donors (Lipinski definition) is 0. The van der Waals surface area contributed by atoms with Crippen LogP contribution in [0.25, 0.3) is 0 Å². The molecule has 14 heavy (non-hydrogen) atoms. The van der Waals surface area contributed by atoms with Crippen molar-refractivity contribution >= 4 is 6.98 Å². The summed E-state index contributed by atoms with van der Waals surface area (Å²) >= 11 is 0. The van der Waals surface area contributed by atoms with Crippen molar-refractivity contribution in [1.82, 2.24) is 9.80 Å². The van der Waals surface area contributed by atoms with Gasteiger partial charge in [0.1, 0.15) is 0 Å². The fourth-order valence-corrected chi connectivity index (χ4v) is 2.00. The van der Waals surface area contributed by atoms with E-state index in [-0.39, 0.29) is 6.04 Å². The normalized spacial score (nSPS) is 26.8. The van der Waals surface area contributed by atoms with Crippen LogP contribution < -0.4 is 0 Å². The first-order valence-electron chi connectivity index (χ1n) is 5.09. The maximum absolute atomic E-state index is 12.2. The molecule has 6 heteroatoms. The molecule has 1 fully saturated rings. The molecular weight excluding hydrogens is 192 g/mol. The SMILES string of the molecule is CCN1CCN(C[B-](F)(F)F)CC1C. The summed E-state index contributed by atoms with van der Waals surface area (Å²) in [4.78, 5) is 3.72. The maximum Gasteiger partial charge on any atom is 0.492 e. The van der Waals surface area contributed by atoms with Gasteiger partial charge in [-0.25, -0.2) is 0 Å². The van der Waals surface area contributed by atoms with Crippen LogP contribution in [0, 0.1) is 0 Å². The van der Waals surface area contributed by atoms with Crippen LogP contribution in [-0.2, 0) is 0 Å². The lowest BCUT2D eigenvalue weighted by molar-refractivity contribution is 0.0938. The van der Waals surface area contributed by atoms with Gasteiger partial charge in [-0.2, -0.15) is 0 Å². The molecule has 0 saturated carbocycles. The van der Waals surface area contributed by atoms with E-state index in [1.54, 1.807) is 0 Å². The third kappa shape index (κ3) is 3.50. The average Bonchev–Trinajstić information content (AvgIpc) is 2.01. The summed E-state index contributed by atoms with van der Waals surface area (Å²) in [5.74, 6) is 0. The summed E-state index contributed by atoms with van der Waals surface area (Å²) in [6.07, 6.45) is -0.706. The summed E-state index contributed by atoms with van der Waals surface area (Å²) in [6, 6.07) is 0.242. The van der Waals surface area contributed by atoms with Gasteiger partial charge in [-0.15, -0.1) is 0 Å². The predicted octanol–water partition coefficient (Wildman–Crippen LogP) is 1.40. The highest BCUT2D eigenvalue weighted by molar-refractivity contribution is 6.58. The Morgan fingerprint density at radius 3 is 2.36 bits per heavy atom. The molecule has 0 aliphatic carbocycles. The summed E-state index contributed by atoms with van der Waals surface area (Å²) in [7, 11) is 0. The van der Waals surface area contributed by atoms with Crippen molar-refractivity contribution in [2.75, 3.05) is 32.6 Å². The molecule has 0 aromatic rings. The molecule has 1 heterocycles. The van der Waals surface area contributed by atoms with Gasteiger partial charge >= 0.3 is 6.98 Å². The summed E-state index contributed by atoms with van der Waals surface area (Å²) in [5.41, 5.74) is 0. The Balaban J connectivity index is 2.39. The molecule has 1 aliphatic heterocycles. The van der Waals surface area contributed by atoms with Gasteiger partial charge < -0.3 is 17.8 Å². The van der Waals surface area contributed by atoms with Crippen LogP contribution in [0.3, 0.4) is 0 Å². The van der Waals surface area contributed by atoms with Gasteiger partial charge in [0.05, 0.1) is 0 Å². The lowest BCUT2D eigenvalue weighted by Crippen LogP contribution is -2.54. The number of halogens is 3. The van der Waals surface area contributed by atoms with E-state index in [9.17, 15) is 12.9 Å². The third-order valence-corrected chi connectivity index (χ3v) is 2.72. The van der Waals surface area contributed by atoms with E-state index in [4.69, 9.17) is 0 Å². The van der Waals surface area contributed by atoms with Crippen LogP contribution in [0.1, 0.15) is 13.8 Å². The standard InChI is InChI=1S/C8H17BF3N2/c1-3-14-5-4-13(6-8(14)2)7-9(10,11)12/h8H,3-7H2,1-2H3/q-1. The van der Waals surface area contributed by atoms with Crippen LogP contribution in [0.4, 0.5) is 12.9 Å². The summed E-state index contributed by atoms with van der Waals surface area (Å²) in [5, 5.41) is 0. The maximum atomic E-state index is 12.2. The van der Waals surface area contributed by atoms with Gasteiger partial charge in [0.2, 0.25) is 0 Å². The molecule has 84 valence electrons. The van der Waals surface area contributed by atoms with Crippen molar-refractivity contribution in [1.29, 1.82) is 0 Å². The zero-order valence-corrected chi connectivity index (χ0v) is 8.72. The van der Waals surface area contributed by atoms with Crippen molar-refractivity contribution in [3.8, 4) is 0 Å². The minimum Gasteiger partial charge on any atom is -0.448 e. The van der Waals surface area contributed by atoms with Crippen molar-refractivity contribution in [3.05, 3.63) is 0 Å². The number of rotatable bonds is 3. The van der Waals surface area contributed by atoms with E-state index in [0.29, 0.717) is 13.1 Å². The highest BCUT2D eigenvalue weighted by Crippen LogP contribution is 2.14. The van der Waals surface area contributed by atoms with Crippen molar-refractivity contribution < 1.29 is 12.9 Å². The van der Waals surface area contributed by atoms with Gasteiger partial charge in [-0.1, -0.05) is 6.92 Å². The van der Waals surface area contributed by atoms with Crippen LogP contribution in [0.15, 0.2) is 0 Å². The van der Waals surface area contributed by atoms with Gasteiger partial charge in [-0.3, -0.25) is 4.90 Å². The van der Waals surface area contributed by atoms with Gasteiger partial charge in [0, 0.05) is 25.7 Å². The van der Waals surface area contributed by atoms with Crippen molar-refractivity contribution in [3.63, 3.8) is 0 Å². The van der Waals surface area contributed by atoms with E-state index in [1.807, 2.05) is 13.8 Å². The van der Waals surface area contributed by atoms with Gasteiger partial charge in [-0.05, 0) is 19.9 Å². The molecule has 1 atom stereocenters. The first-order chi connectivity index (χ1) is 6.42. The second kappa shape index (κ2) is 4.53. The molecule has 0 spiro atoms. The fraction of sp³-hybridized carbons (Fsp3) is 1.00.